The predicted octanol–water partition coefficient (Wildman–Crippen LogP) is 6.23. The lowest BCUT2D eigenvalue weighted by Gasteiger charge is -2.35. The van der Waals surface area contributed by atoms with Gasteiger partial charge in [-0.3, -0.25) is 4.79 Å². The van der Waals surface area contributed by atoms with E-state index in [1.54, 1.807) is 11.3 Å². The first-order valence-electron chi connectivity index (χ1n) is 9.24. The Kier molecular flexibility index (Phi) is 5.04. The van der Waals surface area contributed by atoms with Crippen LogP contribution in [0.5, 0.6) is 0 Å². The highest BCUT2D eigenvalue weighted by molar-refractivity contribution is 7.20. The molecule has 4 heterocycles. The largest absolute Gasteiger partial charge is 0.366 e. The zero-order valence-corrected chi connectivity index (χ0v) is 18.5. The zero-order chi connectivity index (χ0) is 20.0. The van der Waals surface area contributed by atoms with E-state index in [0.717, 1.165) is 40.8 Å². The van der Waals surface area contributed by atoms with Crippen LogP contribution in [0.25, 0.3) is 21.3 Å². The van der Waals surface area contributed by atoms with Crippen LogP contribution in [-0.4, -0.2) is 42.0 Å². The number of anilines is 1. The molecule has 0 unspecified atom stereocenters. The number of halogens is 2. The Labute approximate surface area is 186 Å². The van der Waals surface area contributed by atoms with Gasteiger partial charge >= 0.3 is 0 Å². The van der Waals surface area contributed by atoms with Gasteiger partial charge in [0.2, 0.25) is 0 Å². The minimum atomic E-state index is 0.0688. The number of aromatic amines is 1. The summed E-state index contributed by atoms with van der Waals surface area (Å²) >= 11 is 15.4. The van der Waals surface area contributed by atoms with Crippen molar-refractivity contribution < 1.29 is 4.79 Å². The van der Waals surface area contributed by atoms with Gasteiger partial charge in [-0.1, -0.05) is 29.3 Å². The van der Waals surface area contributed by atoms with Gasteiger partial charge in [0.25, 0.3) is 5.91 Å². The van der Waals surface area contributed by atoms with E-state index in [-0.39, 0.29) is 5.91 Å². The summed E-state index contributed by atoms with van der Waals surface area (Å²) in [5.74, 6) is 0.0688. The quantitative estimate of drug-likeness (QED) is 0.392. The van der Waals surface area contributed by atoms with Crippen LogP contribution < -0.4 is 4.90 Å². The van der Waals surface area contributed by atoms with E-state index in [1.165, 1.54) is 16.2 Å². The number of nitrogens with one attached hydrogen (secondary N) is 1. The van der Waals surface area contributed by atoms with E-state index in [4.69, 9.17) is 23.2 Å². The second-order valence-electron chi connectivity index (χ2n) is 6.93. The van der Waals surface area contributed by atoms with Gasteiger partial charge in [0.05, 0.1) is 10.0 Å². The van der Waals surface area contributed by atoms with E-state index >= 15 is 0 Å². The molecule has 5 rings (SSSR count). The summed E-state index contributed by atoms with van der Waals surface area (Å²) in [4.78, 5) is 21.7. The minimum Gasteiger partial charge on any atom is -0.366 e. The number of fused-ring (bicyclic) bond motifs is 1. The molecule has 0 saturated carbocycles. The molecule has 1 aliphatic heterocycles. The Morgan fingerprint density at radius 1 is 1.07 bits per heavy atom. The fourth-order valence-electron chi connectivity index (χ4n) is 3.77. The topological polar surface area (TPSA) is 39.3 Å². The van der Waals surface area contributed by atoms with Crippen LogP contribution in [0, 0.1) is 0 Å². The standard InChI is InChI=1S/C21H17Cl2N3OS2/c22-19-11-17(20(23)29-19)25-5-7-26(8-6-25)21(27)13-3-4-16-14(10-13)15(12-24-16)18-2-1-9-28-18/h1-4,9-12,24H,5-8H2. The highest BCUT2D eigenvalue weighted by Gasteiger charge is 2.24. The van der Waals surface area contributed by atoms with Crippen LogP contribution in [0.1, 0.15) is 10.4 Å². The molecule has 8 heteroatoms. The lowest BCUT2D eigenvalue weighted by atomic mass is 10.1. The van der Waals surface area contributed by atoms with Crippen LogP contribution in [0.4, 0.5) is 5.69 Å². The number of carbonyl (C=O) groups is 1. The molecule has 29 heavy (non-hydrogen) atoms. The molecule has 1 fully saturated rings. The number of hydrogen-bond donors (Lipinski definition) is 1. The molecule has 1 aromatic carbocycles. The molecular formula is C21H17Cl2N3OS2. The normalized spacial score (nSPS) is 14.7. The highest BCUT2D eigenvalue weighted by atomic mass is 35.5. The molecule has 0 radical (unpaired) electrons. The summed E-state index contributed by atoms with van der Waals surface area (Å²) in [6.45, 7) is 2.80. The first-order valence-corrected chi connectivity index (χ1v) is 11.7. The van der Waals surface area contributed by atoms with Crippen LogP contribution in [0.15, 0.2) is 48.0 Å². The maximum atomic E-state index is 13.1. The molecular weight excluding hydrogens is 445 g/mol. The van der Waals surface area contributed by atoms with Gasteiger partial charge in [0, 0.05) is 59.3 Å². The number of carbonyl (C=O) groups excluding carboxylic acids is 1. The number of H-pyrrole nitrogens is 1. The molecule has 0 bridgehead atoms. The van der Waals surface area contributed by atoms with Crippen LogP contribution in [0.3, 0.4) is 0 Å². The molecule has 1 saturated heterocycles. The number of amides is 1. The van der Waals surface area contributed by atoms with Crippen molar-refractivity contribution in [1.29, 1.82) is 0 Å². The van der Waals surface area contributed by atoms with Gasteiger partial charge in [-0.2, -0.15) is 0 Å². The number of rotatable bonds is 3. The summed E-state index contributed by atoms with van der Waals surface area (Å²) in [5, 5.41) is 3.15. The molecule has 0 atom stereocenters. The molecule has 148 valence electrons. The van der Waals surface area contributed by atoms with E-state index in [1.807, 2.05) is 41.4 Å². The van der Waals surface area contributed by atoms with Crippen molar-refractivity contribution in [1.82, 2.24) is 9.88 Å². The van der Waals surface area contributed by atoms with Crippen molar-refractivity contribution in [3.05, 3.63) is 62.2 Å². The summed E-state index contributed by atoms with van der Waals surface area (Å²) in [6, 6.07) is 11.9. The van der Waals surface area contributed by atoms with Gasteiger partial charge in [-0.05, 0) is 35.7 Å². The lowest BCUT2D eigenvalue weighted by molar-refractivity contribution is 0.0747. The Morgan fingerprint density at radius 2 is 1.90 bits per heavy atom. The van der Waals surface area contributed by atoms with E-state index in [2.05, 4.69) is 21.3 Å². The number of benzene rings is 1. The molecule has 1 N–H and O–H groups in total. The van der Waals surface area contributed by atoms with E-state index in [0.29, 0.717) is 21.8 Å². The fraction of sp³-hybridized carbons (Fsp3) is 0.190. The Morgan fingerprint density at radius 3 is 2.59 bits per heavy atom. The summed E-state index contributed by atoms with van der Waals surface area (Å²) in [5.41, 5.74) is 3.86. The second-order valence-corrected chi connectivity index (χ2v) is 10.2. The summed E-state index contributed by atoms with van der Waals surface area (Å²) in [7, 11) is 0. The average Bonchev–Trinajstić information content (AvgIpc) is 3.46. The molecule has 1 aliphatic rings. The third-order valence-electron chi connectivity index (χ3n) is 5.26. The average molecular weight is 462 g/mol. The predicted molar refractivity (Wildman–Crippen MR) is 124 cm³/mol. The number of thiophene rings is 2. The van der Waals surface area contributed by atoms with Gasteiger partial charge in [-0.15, -0.1) is 22.7 Å². The van der Waals surface area contributed by atoms with Crippen molar-refractivity contribution in [3.8, 4) is 10.4 Å². The van der Waals surface area contributed by atoms with Gasteiger partial charge in [0.1, 0.15) is 4.34 Å². The fourth-order valence-corrected chi connectivity index (χ4v) is 6.04. The zero-order valence-electron chi connectivity index (χ0n) is 15.3. The highest BCUT2D eigenvalue weighted by Crippen LogP contribution is 2.38. The third kappa shape index (κ3) is 3.55. The monoisotopic (exact) mass is 461 g/mol. The maximum absolute atomic E-state index is 13.1. The van der Waals surface area contributed by atoms with Crippen LogP contribution in [-0.2, 0) is 0 Å². The SMILES string of the molecule is O=C(c1ccc2[nH]cc(-c3cccs3)c2c1)N1CCN(c2cc(Cl)sc2Cl)CC1. The van der Waals surface area contributed by atoms with Crippen molar-refractivity contribution in [3.63, 3.8) is 0 Å². The molecule has 0 aliphatic carbocycles. The minimum absolute atomic E-state index is 0.0688. The maximum Gasteiger partial charge on any atom is 0.253 e. The Balaban J connectivity index is 1.35. The molecule has 4 aromatic rings. The first kappa shape index (κ1) is 19.0. The van der Waals surface area contributed by atoms with Gasteiger partial charge in [-0.25, -0.2) is 0 Å². The molecule has 4 nitrogen and oxygen atoms in total. The third-order valence-corrected chi connectivity index (χ3v) is 7.63. The first-order chi connectivity index (χ1) is 14.1. The molecule has 3 aromatic heterocycles. The summed E-state index contributed by atoms with van der Waals surface area (Å²) in [6.07, 6.45) is 2.01. The van der Waals surface area contributed by atoms with Crippen molar-refractivity contribution in [2.45, 2.75) is 0 Å². The summed E-state index contributed by atoms with van der Waals surface area (Å²) < 4.78 is 1.39. The van der Waals surface area contributed by atoms with Crippen molar-refractivity contribution in [2.75, 3.05) is 31.1 Å². The van der Waals surface area contributed by atoms with Crippen molar-refractivity contribution in [2.24, 2.45) is 0 Å². The second kappa shape index (κ2) is 7.69. The van der Waals surface area contributed by atoms with Gasteiger partial charge < -0.3 is 14.8 Å². The number of hydrogen-bond acceptors (Lipinski definition) is 4. The number of piperazine rings is 1. The Bertz CT molecular complexity index is 1170. The lowest BCUT2D eigenvalue weighted by Crippen LogP contribution is -2.48. The van der Waals surface area contributed by atoms with Crippen LogP contribution >= 0.6 is 45.9 Å². The van der Waals surface area contributed by atoms with Crippen LogP contribution in [0.2, 0.25) is 8.67 Å². The number of nitrogens with zero attached hydrogens (tertiary/aromatic N) is 2. The molecule has 0 spiro atoms. The van der Waals surface area contributed by atoms with E-state index in [9.17, 15) is 4.79 Å². The van der Waals surface area contributed by atoms with Crippen molar-refractivity contribution >= 4 is 68.4 Å². The Hall–Kier alpha value is -1.99. The van der Waals surface area contributed by atoms with Gasteiger partial charge in [0.15, 0.2) is 0 Å². The van der Waals surface area contributed by atoms with E-state index < -0.39 is 0 Å². The molecule has 1 amide bonds. The number of aromatic nitrogens is 1. The smallest absolute Gasteiger partial charge is 0.253 e.